The summed E-state index contributed by atoms with van der Waals surface area (Å²) in [5, 5.41) is 0. The largest absolute Gasteiger partial charge is 0.416 e. The highest BCUT2D eigenvalue weighted by molar-refractivity contribution is 5.85. The van der Waals surface area contributed by atoms with Crippen molar-refractivity contribution < 1.29 is 13.2 Å². The third kappa shape index (κ3) is 3.25. The summed E-state index contributed by atoms with van der Waals surface area (Å²) in [6.07, 6.45) is -1.67. The molecular weight excluding hydrogens is 313 g/mol. The fourth-order valence-corrected chi connectivity index (χ4v) is 2.54. The number of alkyl halides is 3. The third-order valence-corrected chi connectivity index (χ3v) is 3.83. The second-order valence-corrected chi connectivity index (χ2v) is 5.52. The highest BCUT2D eigenvalue weighted by Crippen LogP contribution is 2.40. The number of halogens is 4. The van der Waals surface area contributed by atoms with Crippen LogP contribution in [0.3, 0.4) is 0 Å². The number of hydrogen-bond donors (Lipinski definition) is 1. The van der Waals surface area contributed by atoms with Crippen LogP contribution in [0.2, 0.25) is 0 Å². The van der Waals surface area contributed by atoms with Crippen molar-refractivity contribution in [1.82, 2.24) is 4.98 Å². The van der Waals surface area contributed by atoms with Crippen LogP contribution in [-0.4, -0.2) is 11.0 Å². The average molecular weight is 329 g/mol. The molecule has 2 atom stereocenters. The SMILES string of the molecule is Cc1cc([C@H]2C[C@@H]2N)cnc1-c1cccc(C(F)(F)F)c1.Cl. The number of benzene rings is 1. The van der Waals surface area contributed by atoms with E-state index in [1.807, 2.05) is 13.0 Å². The summed E-state index contributed by atoms with van der Waals surface area (Å²) >= 11 is 0. The molecule has 1 aromatic carbocycles. The zero-order valence-corrected chi connectivity index (χ0v) is 12.7. The Morgan fingerprint density at radius 1 is 1.23 bits per heavy atom. The second-order valence-electron chi connectivity index (χ2n) is 5.52. The van der Waals surface area contributed by atoms with E-state index in [1.54, 1.807) is 12.3 Å². The predicted octanol–water partition coefficient (Wildman–Crippen LogP) is 4.31. The van der Waals surface area contributed by atoms with Gasteiger partial charge >= 0.3 is 6.18 Å². The minimum Gasteiger partial charge on any atom is -0.327 e. The molecule has 1 aromatic heterocycles. The van der Waals surface area contributed by atoms with Crippen LogP contribution in [0, 0.1) is 6.92 Å². The highest BCUT2D eigenvalue weighted by Gasteiger charge is 2.35. The number of aromatic nitrogens is 1. The van der Waals surface area contributed by atoms with Crippen molar-refractivity contribution in [2.24, 2.45) is 5.73 Å². The monoisotopic (exact) mass is 328 g/mol. The molecule has 6 heteroatoms. The molecule has 1 aliphatic rings. The van der Waals surface area contributed by atoms with E-state index in [2.05, 4.69) is 4.98 Å². The quantitative estimate of drug-likeness (QED) is 0.892. The Labute approximate surface area is 133 Å². The van der Waals surface area contributed by atoms with Crippen LogP contribution in [0.4, 0.5) is 13.2 Å². The van der Waals surface area contributed by atoms with Crippen LogP contribution in [-0.2, 0) is 6.18 Å². The van der Waals surface area contributed by atoms with Crippen molar-refractivity contribution >= 4 is 12.4 Å². The average Bonchev–Trinajstić information content (AvgIpc) is 3.15. The van der Waals surface area contributed by atoms with Gasteiger partial charge in [-0.1, -0.05) is 18.2 Å². The Hall–Kier alpha value is -1.59. The number of hydrogen-bond acceptors (Lipinski definition) is 2. The lowest BCUT2D eigenvalue weighted by molar-refractivity contribution is -0.137. The Balaban J connectivity index is 0.00000176. The summed E-state index contributed by atoms with van der Waals surface area (Å²) in [6, 6.07) is 7.41. The van der Waals surface area contributed by atoms with Gasteiger partial charge in [0, 0.05) is 23.7 Å². The van der Waals surface area contributed by atoms with Gasteiger partial charge < -0.3 is 5.73 Å². The van der Waals surface area contributed by atoms with E-state index in [-0.39, 0.29) is 18.4 Å². The summed E-state index contributed by atoms with van der Waals surface area (Å²) in [5.74, 6) is 0.340. The van der Waals surface area contributed by atoms with Crippen LogP contribution < -0.4 is 5.73 Å². The molecule has 1 saturated carbocycles. The summed E-state index contributed by atoms with van der Waals surface area (Å²) in [4.78, 5) is 4.34. The first-order chi connectivity index (χ1) is 9.86. The van der Waals surface area contributed by atoms with Gasteiger partial charge in [-0.3, -0.25) is 4.98 Å². The molecule has 118 valence electrons. The zero-order valence-electron chi connectivity index (χ0n) is 11.9. The molecule has 2 N–H and O–H groups in total. The first-order valence-electron chi connectivity index (χ1n) is 6.76. The smallest absolute Gasteiger partial charge is 0.327 e. The highest BCUT2D eigenvalue weighted by atomic mass is 35.5. The molecular formula is C16H16ClF3N2. The lowest BCUT2D eigenvalue weighted by Crippen LogP contribution is -2.05. The molecule has 3 rings (SSSR count). The molecule has 0 amide bonds. The van der Waals surface area contributed by atoms with E-state index in [0.29, 0.717) is 17.2 Å². The molecule has 2 aromatic rings. The van der Waals surface area contributed by atoms with E-state index in [4.69, 9.17) is 5.73 Å². The maximum atomic E-state index is 12.8. The number of nitrogens with zero attached hydrogens (tertiary/aromatic N) is 1. The number of aryl methyl sites for hydroxylation is 1. The first kappa shape index (κ1) is 16.8. The van der Waals surface area contributed by atoms with Crippen LogP contribution in [0.5, 0.6) is 0 Å². The number of rotatable bonds is 2. The summed E-state index contributed by atoms with van der Waals surface area (Å²) in [5.41, 5.74) is 8.15. The van der Waals surface area contributed by atoms with Gasteiger partial charge in [-0.25, -0.2) is 0 Å². The van der Waals surface area contributed by atoms with E-state index in [1.165, 1.54) is 6.07 Å². The Morgan fingerprint density at radius 3 is 2.45 bits per heavy atom. The van der Waals surface area contributed by atoms with Crippen LogP contribution in [0.1, 0.15) is 29.0 Å². The van der Waals surface area contributed by atoms with Crippen molar-refractivity contribution in [3.8, 4) is 11.3 Å². The first-order valence-corrected chi connectivity index (χ1v) is 6.76. The second kappa shape index (κ2) is 5.89. The maximum absolute atomic E-state index is 12.8. The fraction of sp³-hybridized carbons (Fsp3) is 0.312. The fourth-order valence-electron chi connectivity index (χ4n) is 2.54. The Bertz CT molecular complexity index is 685. The lowest BCUT2D eigenvalue weighted by atomic mass is 10.0. The van der Waals surface area contributed by atoms with E-state index in [0.717, 1.165) is 29.7 Å². The van der Waals surface area contributed by atoms with Crippen molar-refractivity contribution in [1.29, 1.82) is 0 Å². The molecule has 0 radical (unpaired) electrons. The van der Waals surface area contributed by atoms with Crippen molar-refractivity contribution in [2.45, 2.75) is 31.5 Å². The van der Waals surface area contributed by atoms with Crippen molar-refractivity contribution in [3.05, 3.63) is 53.2 Å². The topological polar surface area (TPSA) is 38.9 Å². The molecule has 0 aliphatic heterocycles. The number of nitrogens with two attached hydrogens (primary N) is 1. The summed E-state index contributed by atoms with van der Waals surface area (Å²) in [7, 11) is 0. The lowest BCUT2D eigenvalue weighted by Gasteiger charge is -2.11. The van der Waals surface area contributed by atoms with Gasteiger partial charge in [0.1, 0.15) is 0 Å². The minimum atomic E-state index is -4.34. The van der Waals surface area contributed by atoms with E-state index >= 15 is 0 Å². The number of pyridine rings is 1. The van der Waals surface area contributed by atoms with Gasteiger partial charge in [0.25, 0.3) is 0 Å². The van der Waals surface area contributed by atoms with Gasteiger partial charge in [-0.15, -0.1) is 12.4 Å². The van der Waals surface area contributed by atoms with Crippen LogP contribution in [0.25, 0.3) is 11.3 Å². The molecule has 2 nitrogen and oxygen atoms in total. The van der Waals surface area contributed by atoms with Crippen LogP contribution >= 0.6 is 12.4 Å². The molecule has 0 bridgehead atoms. The van der Waals surface area contributed by atoms with Gasteiger partial charge in [0.05, 0.1) is 11.3 Å². The van der Waals surface area contributed by atoms with E-state index < -0.39 is 11.7 Å². The summed E-state index contributed by atoms with van der Waals surface area (Å²) in [6.45, 7) is 1.86. The standard InChI is InChI=1S/C16H15F3N2.ClH/c1-9-5-11(13-7-14(13)20)8-21-15(9)10-3-2-4-12(6-10)16(17,18)19;/h2-6,8,13-14H,7,20H2,1H3;1H/t13-,14+;/m1./s1. The van der Waals surface area contributed by atoms with Gasteiger partial charge in [-0.05, 0) is 36.6 Å². The Kier molecular flexibility index (Phi) is 4.49. The Morgan fingerprint density at radius 2 is 1.91 bits per heavy atom. The van der Waals surface area contributed by atoms with Crippen molar-refractivity contribution in [2.75, 3.05) is 0 Å². The van der Waals surface area contributed by atoms with Crippen LogP contribution in [0.15, 0.2) is 36.5 Å². The summed E-state index contributed by atoms with van der Waals surface area (Å²) < 4.78 is 38.3. The third-order valence-electron chi connectivity index (χ3n) is 3.83. The van der Waals surface area contributed by atoms with Gasteiger partial charge in [-0.2, -0.15) is 13.2 Å². The molecule has 0 saturated heterocycles. The maximum Gasteiger partial charge on any atom is 0.416 e. The minimum absolute atomic E-state index is 0. The van der Waals surface area contributed by atoms with Gasteiger partial charge in [0.2, 0.25) is 0 Å². The zero-order chi connectivity index (χ0) is 15.2. The molecule has 0 unspecified atom stereocenters. The molecule has 1 heterocycles. The molecule has 1 fully saturated rings. The molecule has 0 spiro atoms. The molecule has 1 aliphatic carbocycles. The normalized spacial score (nSPS) is 20.4. The predicted molar refractivity (Wildman–Crippen MR) is 82.0 cm³/mol. The van der Waals surface area contributed by atoms with Crippen molar-refractivity contribution in [3.63, 3.8) is 0 Å². The van der Waals surface area contributed by atoms with Gasteiger partial charge in [0.15, 0.2) is 0 Å². The van der Waals surface area contributed by atoms with E-state index in [9.17, 15) is 13.2 Å². The molecule has 22 heavy (non-hydrogen) atoms.